The van der Waals surface area contributed by atoms with Gasteiger partial charge in [0.25, 0.3) is 0 Å². The average molecular weight is 430 g/mol. The van der Waals surface area contributed by atoms with Crippen molar-refractivity contribution in [1.82, 2.24) is 4.90 Å². The number of halogens is 1. The Morgan fingerprint density at radius 2 is 1.81 bits per heavy atom. The number of benzene rings is 2. The van der Waals surface area contributed by atoms with Gasteiger partial charge < -0.3 is 19.1 Å². The van der Waals surface area contributed by atoms with Gasteiger partial charge in [-0.2, -0.15) is 0 Å². The highest BCUT2D eigenvalue weighted by Gasteiger charge is 2.39. The zero-order valence-corrected chi connectivity index (χ0v) is 18.7. The summed E-state index contributed by atoms with van der Waals surface area (Å²) < 4.78 is 29.4. The van der Waals surface area contributed by atoms with E-state index in [0.717, 1.165) is 50.4 Å². The van der Waals surface area contributed by atoms with E-state index in [-0.39, 0.29) is 17.0 Å². The van der Waals surface area contributed by atoms with Gasteiger partial charge in [-0.05, 0) is 74.3 Å². The van der Waals surface area contributed by atoms with Crippen LogP contribution in [0.2, 0.25) is 0 Å². The molecule has 2 aromatic rings. The molecule has 1 aliphatic rings. The van der Waals surface area contributed by atoms with Gasteiger partial charge in [0.2, 0.25) is 0 Å². The number of carbonyl (C=O) groups excluding carboxylic acids is 1. The van der Waals surface area contributed by atoms with E-state index in [1.165, 1.54) is 17.7 Å². The third-order valence-corrected chi connectivity index (χ3v) is 6.26. The van der Waals surface area contributed by atoms with Crippen molar-refractivity contribution >= 4 is 5.78 Å². The molecule has 5 nitrogen and oxygen atoms in total. The number of Topliss-reactive ketones (excluding diaryl/α,β-unsaturated/α-hetero) is 1. The van der Waals surface area contributed by atoms with Gasteiger partial charge in [0.1, 0.15) is 5.82 Å². The number of likely N-dealkylation sites (tertiary alicyclic amines) is 1. The average Bonchev–Trinajstić information content (AvgIpc) is 3.21. The molecule has 0 saturated carbocycles. The Hall–Kier alpha value is -2.44. The quantitative estimate of drug-likeness (QED) is 0.493. The summed E-state index contributed by atoms with van der Waals surface area (Å²) in [7, 11) is 5.03. The van der Waals surface area contributed by atoms with Crippen LogP contribution in [0.15, 0.2) is 42.5 Å². The maximum absolute atomic E-state index is 13.1. The van der Waals surface area contributed by atoms with Gasteiger partial charge in [-0.1, -0.05) is 6.07 Å². The molecule has 1 aliphatic heterocycles. The zero-order chi connectivity index (χ0) is 22.3. The molecule has 0 amide bonds. The van der Waals surface area contributed by atoms with Crippen LogP contribution in [0, 0.1) is 5.82 Å². The van der Waals surface area contributed by atoms with Crippen molar-refractivity contribution in [3.05, 3.63) is 59.4 Å². The highest BCUT2D eigenvalue weighted by molar-refractivity contribution is 5.95. The van der Waals surface area contributed by atoms with Crippen molar-refractivity contribution in [1.29, 1.82) is 0 Å². The summed E-state index contributed by atoms with van der Waals surface area (Å²) in [5, 5.41) is 0. The Morgan fingerprint density at radius 1 is 1.06 bits per heavy atom. The predicted octanol–water partition coefficient (Wildman–Crippen LogP) is 4.49. The van der Waals surface area contributed by atoms with E-state index in [1.807, 2.05) is 6.07 Å². The molecule has 31 heavy (non-hydrogen) atoms. The Bertz CT molecular complexity index is 870. The number of ether oxygens (including phenoxy) is 3. The first-order valence-corrected chi connectivity index (χ1v) is 10.7. The molecule has 0 bridgehead atoms. The monoisotopic (exact) mass is 429 g/mol. The van der Waals surface area contributed by atoms with Gasteiger partial charge in [-0.15, -0.1) is 0 Å². The molecular formula is C25H32FNO4. The van der Waals surface area contributed by atoms with E-state index in [2.05, 4.69) is 17.0 Å². The minimum Gasteiger partial charge on any atom is -0.493 e. The van der Waals surface area contributed by atoms with Crippen molar-refractivity contribution in [3.63, 3.8) is 0 Å². The second kappa shape index (κ2) is 10.7. The van der Waals surface area contributed by atoms with E-state index in [9.17, 15) is 9.18 Å². The standard InChI is InChI=1S/C25H32FNO4/c1-29-16-13-25(20-8-11-23(30-2)24(17-20)31-3)12-15-27(18-25)14-4-5-22(28)19-6-9-21(26)10-7-19/h6-11,17H,4-5,12-16,18H2,1-3H3. The lowest BCUT2D eigenvalue weighted by Crippen LogP contribution is -2.33. The number of methoxy groups -OCH3 is 3. The summed E-state index contributed by atoms with van der Waals surface area (Å²) in [5.41, 5.74) is 1.78. The van der Waals surface area contributed by atoms with Gasteiger partial charge in [0.15, 0.2) is 17.3 Å². The molecule has 0 aromatic heterocycles. The highest BCUT2D eigenvalue weighted by atomic mass is 19.1. The van der Waals surface area contributed by atoms with Gasteiger partial charge in [-0.3, -0.25) is 4.79 Å². The number of ketones is 1. The molecule has 1 unspecified atom stereocenters. The van der Waals surface area contributed by atoms with Gasteiger partial charge >= 0.3 is 0 Å². The normalized spacial score (nSPS) is 18.8. The smallest absolute Gasteiger partial charge is 0.162 e. The zero-order valence-electron chi connectivity index (χ0n) is 18.7. The summed E-state index contributed by atoms with van der Waals surface area (Å²) in [6.07, 6.45) is 3.19. The molecule has 1 atom stereocenters. The number of rotatable bonds is 11. The number of carbonyl (C=O) groups is 1. The SMILES string of the molecule is COCCC1(c2ccc(OC)c(OC)c2)CCN(CCCC(=O)c2ccc(F)cc2)C1. The maximum Gasteiger partial charge on any atom is 0.162 e. The lowest BCUT2D eigenvalue weighted by Gasteiger charge is -2.31. The highest BCUT2D eigenvalue weighted by Crippen LogP contribution is 2.41. The second-order valence-electron chi connectivity index (χ2n) is 8.15. The fourth-order valence-electron chi connectivity index (χ4n) is 4.44. The summed E-state index contributed by atoms with van der Waals surface area (Å²) in [6.45, 7) is 3.43. The van der Waals surface area contributed by atoms with Crippen molar-refractivity contribution in [2.24, 2.45) is 0 Å². The molecule has 1 saturated heterocycles. The molecule has 6 heteroatoms. The minimum absolute atomic E-state index is 0.0173. The van der Waals surface area contributed by atoms with Crippen LogP contribution in [0.5, 0.6) is 11.5 Å². The van der Waals surface area contributed by atoms with Crippen LogP contribution in [0.3, 0.4) is 0 Å². The van der Waals surface area contributed by atoms with Gasteiger partial charge in [-0.25, -0.2) is 4.39 Å². The van der Waals surface area contributed by atoms with Crippen molar-refractivity contribution in [3.8, 4) is 11.5 Å². The molecular weight excluding hydrogens is 397 g/mol. The summed E-state index contributed by atoms with van der Waals surface area (Å²) in [5.74, 6) is 1.20. The molecule has 2 aromatic carbocycles. The number of hydrogen-bond acceptors (Lipinski definition) is 5. The van der Waals surface area contributed by atoms with Crippen LogP contribution in [0.1, 0.15) is 41.6 Å². The minimum atomic E-state index is -0.323. The molecule has 168 valence electrons. The lowest BCUT2D eigenvalue weighted by atomic mass is 9.77. The van der Waals surface area contributed by atoms with Crippen molar-refractivity contribution < 1.29 is 23.4 Å². The van der Waals surface area contributed by atoms with Gasteiger partial charge in [0.05, 0.1) is 14.2 Å². The predicted molar refractivity (Wildman–Crippen MR) is 119 cm³/mol. The molecule has 0 radical (unpaired) electrons. The fraction of sp³-hybridized carbons (Fsp3) is 0.480. The third kappa shape index (κ3) is 5.63. The van der Waals surface area contributed by atoms with E-state index in [0.29, 0.717) is 18.6 Å². The number of hydrogen-bond donors (Lipinski definition) is 0. The van der Waals surface area contributed by atoms with Crippen LogP contribution in [-0.4, -0.2) is 58.3 Å². The first-order chi connectivity index (χ1) is 15.0. The van der Waals surface area contributed by atoms with Crippen molar-refractivity contribution in [2.45, 2.75) is 31.1 Å². The first kappa shape index (κ1) is 23.2. The largest absolute Gasteiger partial charge is 0.493 e. The molecule has 1 heterocycles. The molecule has 0 N–H and O–H groups in total. The number of nitrogens with zero attached hydrogens (tertiary/aromatic N) is 1. The van der Waals surface area contributed by atoms with Crippen LogP contribution in [0.25, 0.3) is 0 Å². The van der Waals surface area contributed by atoms with E-state index >= 15 is 0 Å². The topological polar surface area (TPSA) is 48.0 Å². The summed E-state index contributed by atoms with van der Waals surface area (Å²) in [4.78, 5) is 14.8. The Morgan fingerprint density at radius 3 is 2.48 bits per heavy atom. The van der Waals surface area contributed by atoms with E-state index in [1.54, 1.807) is 33.5 Å². The van der Waals surface area contributed by atoms with E-state index in [4.69, 9.17) is 14.2 Å². The summed E-state index contributed by atoms with van der Waals surface area (Å²) >= 11 is 0. The van der Waals surface area contributed by atoms with Crippen LogP contribution in [-0.2, 0) is 10.2 Å². The molecule has 3 rings (SSSR count). The van der Waals surface area contributed by atoms with Crippen LogP contribution < -0.4 is 9.47 Å². The van der Waals surface area contributed by atoms with Crippen LogP contribution in [0.4, 0.5) is 4.39 Å². The molecule has 1 fully saturated rings. The van der Waals surface area contributed by atoms with Crippen molar-refractivity contribution in [2.75, 3.05) is 47.6 Å². The Kier molecular flexibility index (Phi) is 8.04. The maximum atomic E-state index is 13.1. The Labute approximate surface area is 184 Å². The second-order valence-corrected chi connectivity index (χ2v) is 8.15. The van der Waals surface area contributed by atoms with E-state index < -0.39 is 0 Å². The first-order valence-electron chi connectivity index (χ1n) is 10.7. The third-order valence-electron chi connectivity index (χ3n) is 6.26. The fourth-order valence-corrected chi connectivity index (χ4v) is 4.44. The summed E-state index contributed by atoms with van der Waals surface area (Å²) in [6, 6.07) is 11.9. The molecule has 0 aliphatic carbocycles. The molecule has 0 spiro atoms. The Balaban J connectivity index is 1.63. The lowest BCUT2D eigenvalue weighted by molar-refractivity contribution is 0.0975. The van der Waals surface area contributed by atoms with Gasteiger partial charge in [0, 0.05) is 37.7 Å². The van der Waals surface area contributed by atoms with Crippen LogP contribution >= 0.6 is 0 Å².